The first-order chi connectivity index (χ1) is 27.0. The Morgan fingerprint density at radius 1 is 0.719 bits per heavy atom. The van der Waals surface area contributed by atoms with Crippen LogP contribution < -0.4 is 11.5 Å². The van der Waals surface area contributed by atoms with E-state index in [1.165, 1.54) is 12.7 Å². The molecule has 314 valence electrons. The van der Waals surface area contributed by atoms with Gasteiger partial charge in [0.25, 0.3) is 0 Å². The number of aryl methyl sites for hydroxylation is 2. The van der Waals surface area contributed by atoms with E-state index in [-0.39, 0.29) is 55.5 Å². The summed E-state index contributed by atoms with van der Waals surface area (Å²) in [5, 5.41) is 42.1. The first-order valence-corrected chi connectivity index (χ1v) is 19.4. The van der Waals surface area contributed by atoms with Crippen molar-refractivity contribution >= 4 is 34.0 Å². The van der Waals surface area contributed by atoms with E-state index in [1.807, 2.05) is 53.9 Å². The first kappa shape index (κ1) is 44.0. The normalized spacial score (nSPS) is 26.4. The fraction of sp³-hybridized carbons (Fsp3) is 0.641. The minimum absolute atomic E-state index is 0.0244. The summed E-state index contributed by atoms with van der Waals surface area (Å²) < 4.78 is 21.2. The lowest BCUT2D eigenvalue weighted by atomic mass is 9.96. The number of nitrogens with zero attached hydrogens (tertiary/aromatic N) is 4. The number of nitrogens with two attached hydrogens (primary N) is 2. The molecule has 18 nitrogen and oxygen atoms in total. The van der Waals surface area contributed by atoms with Crippen molar-refractivity contribution in [3.8, 4) is 0 Å². The van der Waals surface area contributed by atoms with Crippen molar-refractivity contribution in [2.75, 3.05) is 20.0 Å². The number of carbonyl (C=O) groups is 2. The van der Waals surface area contributed by atoms with E-state index in [2.05, 4.69) is 29.9 Å². The van der Waals surface area contributed by atoms with Gasteiger partial charge < -0.3 is 60.8 Å². The number of hydrogen-bond donors (Lipinski definition) is 8. The highest BCUT2D eigenvalue weighted by molar-refractivity contribution is 5.82. The number of rotatable bonds is 14. The average Bonchev–Trinajstić information content (AvgIpc) is 3.94. The maximum Gasteiger partial charge on any atom is 0.325 e. The number of aliphatic hydroxyl groups is 4. The summed E-state index contributed by atoms with van der Waals surface area (Å²) in [6.07, 6.45) is 3.10. The highest BCUT2D eigenvalue weighted by Gasteiger charge is 2.44. The molecule has 2 saturated carbocycles. The molecule has 0 radical (unpaired) electrons. The molecule has 4 aromatic heterocycles. The van der Waals surface area contributed by atoms with Crippen molar-refractivity contribution in [1.82, 2.24) is 29.9 Å². The number of ether oxygens (including phenoxy) is 4. The summed E-state index contributed by atoms with van der Waals surface area (Å²) >= 11 is 0. The van der Waals surface area contributed by atoms with Gasteiger partial charge in [0, 0.05) is 47.2 Å². The van der Waals surface area contributed by atoms with Crippen LogP contribution in [0, 0.1) is 37.5 Å². The van der Waals surface area contributed by atoms with Crippen LogP contribution in [0.3, 0.4) is 0 Å². The van der Waals surface area contributed by atoms with Crippen LogP contribution in [0.4, 0.5) is 0 Å². The van der Waals surface area contributed by atoms with Crippen LogP contribution >= 0.6 is 0 Å². The monoisotopic (exact) mass is 798 g/mol. The molecule has 0 spiro atoms. The number of nitrogens with one attached hydrogen (secondary N) is 2. The van der Waals surface area contributed by atoms with E-state index in [1.54, 1.807) is 6.92 Å². The van der Waals surface area contributed by atoms with E-state index in [9.17, 15) is 30.0 Å². The number of hydrogen-bond acceptors (Lipinski definition) is 16. The molecule has 1 unspecified atom stereocenters. The molecule has 2 fully saturated rings. The zero-order valence-electron chi connectivity index (χ0n) is 33.5. The number of aliphatic hydroxyl groups excluding tert-OH is 4. The van der Waals surface area contributed by atoms with Gasteiger partial charge in [0.1, 0.15) is 24.7 Å². The third-order valence-corrected chi connectivity index (χ3v) is 11.2. The second-order valence-electron chi connectivity index (χ2n) is 15.8. The minimum Gasteiger partial charge on any atom is -0.437 e. The Balaban J connectivity index is 0.000000218. The maximum atomic E-state index is 11.9. The molecule has 0 aromatic carbocycles. The van der Waals surface area contributed by atoms with Crippen LogP contribution in [-0.4, -0.2) is 125 Å². The lowest BCUT2D eigenvalue weighted by Gasteiger charge is -2.21. The lowest BCUT2D eigenvalue weighted by Crippen LogP contribution is -2.39. The fourth-order valence-corrected chi connectivity index (χ4v) is 7.41. The third-order valence-electron chi connectivity index (χ3n) is 11.2. The number of H-pyrrole nitrogens is 2. The summed E-state index contributed by atoms with van der Waals surface area (Å²) in [7, 11) is 0. The summed E-state index contributed by atoms with van der Waals surface area (Å²) in [6, 6.07) is -1.41. The van der Waals surface area contributed by atoms with Crippen molar-refractivity contribution in [2.45, 2.75) is 116 Å². The standard InChI is InChI=1S/C20H30N4O5.C19H28N4O5/c1-9(2)15(21)20(27)29-11(4)28-7-12-5-13(19(26)18(12)25)14-6-22-16-10(3)23-8-24-17(14)16;1-9(2)14(20)19(26)28-8-27-6-11-4-12(18(25)17(11)24)13-5-21-15-10(3)22-7-23-16(13)15/h6,8-9,11-13,15,18-19,22,25-26H,5,7,21H2,1-4H3;5,7,9,11-12,14,17-18,21,24-25H,4,6,8,20H2,1-3H3/t11?,12-,13+,15+,18-,19+;11-,12+,14+,17-,18+/m11/s1. The molecule has 4 aromatic rings. The van der Waals surface area contributed by atoms with Gasteiger partial charge in [-0.15, -0.1) is 0 Å². The van der Waals surface area contributed by atoms with Crippen LogP contribution in [0.25, 0.3) is 22.1 Å². The average molecular weight is 799 g/mol. The predicted octanol–water partition coefficient (Wildman–Crippen LogP) is 1.57. The largest absolute Gasteiger partial charge is 0.437 e. The van der Waals surface area contributed by atoms with Gasteiger partial charge in [-0.25, -0.2) is 19.9 Å². The number of aromatic nitrogens is 6. The highest BCUT2D eigenvalue weighted by Crippen LogP contribution is 2.42. The maximum absolute atomic E-state index is 11.9. The molecule has 0 aliphatic heterocycles. The fourth-order valence-electron chi connectivity index (χ4n) is 7.41. The molecule has 18 heteroatoms. The molecule has 4 heterocycles. The predicted molar refractivity (Wildman–Crippen MR) is 207 cm³/mol. The number of esters is 2. The summed E-state index contributed by atoms with van der Waals surface area (Å²) in [4.78, 5) is 46.9. The van der Waals surface area contributed by atoms with E-state index in [4.69, 9.17) is 30.4 Å². The van der Waals surface area contributed by atoms with E-state index in [0.717, 1.165) is 44.6 Å². The van der Waals surface area contributed by atoms with E-state index in [0.29, 0.717) is 12.8 Å². The summed E-state index contributed by atoms with van der Waals surface area (Å²) in [5.74, 6) is -2.25. The van der Waals surface area contributed by atoms with Crippen LogP contribution in [0.5, 0.6) is 0 Å². The van der Waals surface area contributed by atoms with Gasteiger partial charge >= 0.3 is 11.9 Å². The summed E-state index contributed by atoms with van der Waals surface area (Å²) in [6.45, 7) is 12.8. The van der Waals surface area contributed by atoms with Crippen molar-refractivity contribution < 1.29 is 49.0 Å². The molecule has 0 saturated heterocycles. The third kappa shape index (κ3) is 9.94. The SMILES string of the molecule is Cc1ncnc2c([C@@H]3C[C@H](COC(C)OC(=O)[C@@H](N)C(C)C)[C@@H](O)[C@H]3O)c[nH]c12.Cc1ncnc2c([C@@H]3C[C@H](COCOC(=O)[C@@H](N)C(C)C)[C@@H](O)[C@H]3O)c[nH]c12. The lowest BCUT2D eigenvalue weighted by molar-refractivity contribution is -0.181. The Hall–Kier alpha value is -4.14. The van der Waals surface area contributed by atoms with Gasteiger partial charge in [0.15, 0.2) is 13.1 Å². The summed E-state index contributed by atoms with van der Waals surface area (Å²) in [5.41, 5.74) is 18.0. The van der Waals surface area contributed by atoms with Crippen LogP contribution in [0.1, 0.15) is 81.8 Å². The van der Waals surface area contributed by atoms with Crippen LogP contribution in [-0.2, 0) is 28.5 Å². The highest BCUT2D eigenvalue weighted by atomic mass is 16.7. The topological polar surface area (TPSA) is 287 Å². The van der Waals surface area contributed by atoms with Gasteiger partial charge in [-0.05, 0) is 45.4 Å². The van der Waals surface area contributed by atoms with E-state index >= 15 is 0 Å². The van der Waals surface area contributed by atoms with Crippen molar-refractivity contribution in [3.63, 3.8) is 0 Å². The molecular weight excluding hydrogens is 740 g/mol. The number of aromatic amines is 2. The molecule has 2 aliphatic carbocycles. The van der Waals surface area contributed by atoms with Gasteiger partial charge in [-0.3, -0.25) is 9.59 Å². The smallest absolute Gasteiger partial charge is 0.325 e. The molecule has 6 rings (SSSR count). The Kier molecular flexibility index (Phi) is 14.7. The zero-order valence-corrected chi connectivity index (χ0v) is 33.5. The molecule has 0 bridgehead atoms. The van der Waals surface area contributed by atoms with Crippen molar-refractivity contribution in [1.29, 1.82) is 0 Å². The zero-order chi connectivity index (χ0) is 41.7. The van der Waals surface area contributed by atoms with Gasteiger partial charge in [0.05, 0.1) is 71.1 Å². The quantitative estimate of drug-likeness (QED) is 0.0510. The number of carbonyl (C=O) groups excluding carboxylic acids is 2. The molecule has 10 N–H and O–H groups in total. The van der Waals surface area contributed by atoms with Crippen molar-refractivity contribution in [3.05, 3.63) is 47.6 Å². The minimum atomic E-state index is -0.950. The van der Waals surface area contributed by atoms with Gasteiger partial charge in [-0.1, -0.05) is 27.7 Å². The van der Waals surface area contributed by atoms with Crippen LogP contribution in [0.2, 0.25) is 0 Å². The Morgan fingerprint density at radius 3 is 1.65 bits per heavy atom. The van der Waals surface area contributed by atoms with Gasteiger partial charge in [0.2, 0.25) is 0 Å². The molecule has 2 aliphatic rings. The second kappa shape index (κ2) is 19.1. The van der Waals surface area contributed by atoms with Gasteiger partial charge in [-0.2, -0.15) is 0 Å². The Labute approximate surface area is 331 Å². The molecule has 0 amide bonds. The molecular formula is C39H58N8O10. The van der Waals surface area contributed by atoms with Crippen molar-refractivity contribution in [2.24, 2.45) is 35.1 Å². The Morgan fingerprint density at radius 2 is 1.18 bits per heavy atom. The second-order valence-corrected chi connectivity index (χ2v) is 15.8. The molecule has 11 atom stereocenters. The van der Waals surface area contributed by atoms with E-state index < -0.39 is 54.7 Å². The Bertz CT molecular complexity index is 1950. The first-order valence-electron chi connectivity index (χ1n) is 19.4. The number of fused-ring (bicyclic) bond motifs is 2. The van der Waals surface area contributed by atoms with Crippen LogP contribution in [0.15, 0.2) is 25.0 Å². The molecule has 57 heavy (non-hydrogen) atoms.